The quantitative estimate of drug-likeness (QED) is 0.796. The van der Waals surface area contributed by atoms with Crippen LogP contribution in [0, 0.1) is 0 Å². The molecule has 7 heteroatoms. The molecule has 23 heavy (non-hydrogen) atoms. The van der Waals surface area contributed by atoms with E-state index in [0.717, 1.165) is 5.56 Å². The number of sulfonamides is 1. The summed E-state index contributed by atoms with van der Waals surface area (Å²) in [5.74, 6) is 0.362. The number of rotatable bonds is 6. The van der Waals surface area contributed by atoms with E-state index in [1.165, 1.54) is 11.4 Å². The lowest BCUT2D eigenvalue weighted by Gasteiger charge is -2.17. The number of aromatic nitrogens is 2. The van der Waals surface area contributed by atoms with Crippen LogP contribution in [0.5, 0.6) is 0 Å². The number of halogens is 1. The highest BCUT2D eigenvalue weighted by Gasteiger charge is 2.23. The molecule has 5 nitrogen and oxygen atoms in total. The van der Waals surface area contributed by atoms with Gasteiger partial charge >= 0.3 is 0 Å². The van der Waals surface area contributed by atoms with E-state index < -0.39 is 10.0 Å². The molecule has 2 aromatic rings. The van der Waals surface area contributed by atoms with Crippen LogP contribution < -0.4 is 0 Å². The molecule has 1 heterocycles. The topological polar surface area (TPSA) is 55.2 Å². The van der Waals surface area contributed by atoms with Crippen molar-refractivity contribution in [3.8, 4) is 0 Å². The van der Waals surface area contributed by atoms with Crippen LogP contribution in [0.2, 0.25) is 5.02 Å². The second kappa shape index (κ2) is 7.03. The van der Waals surface area contributed by atoms with Gasteiger partial charge in [-0.2, -0.15) is 9.40 Å². The van der Waals surface area contributed by atoms with Gasteiger partial charge in [-0.25, -0.2) is 8.42 Å². The van der Waals surface area contributed by atoms with E-state index in [9.17, 15) is 8.42 Å². The monoisotopic (exact) mass is 355 g/mol. The Bertz CT molecular complexity index is 767. The van der Waals surface area contributed by atoms with Gasteiger partial charge in [0.1, 0.15) is 0 Å². The summed E-state index contributed by atoms with van der Waals surface area (Å²) in [6.07, 6.45) is 1.70. The van der Waals surface area contributed by atoms with Crippen LogP contribution >= 0.6 is 11.6 Å². The fraction of sp³-hybridized carbons (Fsp3) is 0.438. The van der Waals surface area contributed by atoms with E-state index in [1.807, 2.05) is 19.1 Å². The zero-order valence-corrected chi connectivity index (χ0v) is 15.4. The van der Waals surface area contributed by atoms with Gasteiger partial charge in [0.15, 0.2) is 0 Å². The Kier molecular flexibility index (Phi) is 5.49. The maximum atomic E-state index is 12.7. The van der Waals surface area contributed by atoms with E-state index in [0.29, 0.717) is 23.2 Å². The third-order valence-corrected chi connectivity index (χ3v) is 5.87. The fourth-order valence-electron chi connectivity index (χ4n) is 2.21. The van der Waals surface area contributed by atoms with Crippen molar-refractivity contribution in [3.63, 3.8) is 0 Å². The summed E-state index contributed by atoms with van der Waals surface area (Å²) < 4.78 is 28.3. The molecule has 0 saturated heterocycles. The summed E-state index contributed by atoms with van der Waals surface area (Å²) in [6, 6.07) is 7.00. The molecular weight excluding hydrogens is 334 g/mol. The van der Waals surface area contributed by atoms with Gasteiger partial charge in [0.05, 0.1) is 22.2 Å². The fourth-order valence-corrected chi connectivity index (χ4v) is 3.55. The normalized spacial score (nSPS) is 12.3. The number of hydrogen-bond acceptors (Lipinski definition) is 3. The van der Waals surface area contributed by atoms with Crippen molar-refractivity contribution < 1.29 is 8.42 Å². The van der Waals surface area contributed by atoms with Crippen molar-refractivity contribution in [1.29, 1.82) is 0 Å². The Morgan fingerprint density at radius 3 is 2.35 bits per heavy atom. The van der Waals surface area contributed by atoms with Gasteiger partial charge in [0.2, 0.25) is 10.0 Å². The molecule has 0 spiro atoms. The average Bonchev–Trinajstić information content (AvgIpc) is 2.87. The predicted molar refractivity (Wildman–Crippen MR) is 92.1 cm³/mol. The van der Waals surface area contributed by atoms with Crippen LogP contribution in [0.4, 0.5) is 0 Å². The summed E-state index contributed by atoms with van der Waals surface area (Å²) in [5.41, 5.74) is 1.66. The van der Waals surface area contributed by atoms with Crippen molar-refractivity contribution in [2.24, 2.45) is 0 Å². The summed E-state index contributed by atoms with van der Waals surface area (Å²) in [6.45, 7) is 6.92. The van der Waals surface area contributed by atoms with Crippen molar-refractivity contribution in [1.82, 2.24) is 14.1 Å². The smallest absolute Gasteiger partial charge is 0.243 e. The van der Waals surface area contributed by atoms with E-state index in [-0.39, 0.29) is 11.4 Å². The Morgan fingerprint density at radius 1 is 1.26 bits per heavy atom. The summed E-state index contributed by atoms with van der Waals surface area (Å²) >= 11 is 6.11. The molecule has 0 aliphatic carbocycles. The van der Waals surface area contributed by atoms with Crippen molar-refractivity contribution >= 4 is 21.6 Å². The van der Waals surface area contributed by atoms with Crippen LogP contribution in [0.3, 0.4) is 0 Å². The van der Waals surface area contributed by atoms with Gasteiger partial charge in [0.25, 0.3) is 0 Å². The van der Waals surface area contributed by atoms with Gasteiger partial charge in [-0.1, -0.05) is 37.6 Å². The van der Waals surface area contributed by atoms with Crippen LogP contribution in [0.15, 0.2) is 35.4 Å². The lowest BCUT2D eigenvalue weighted by Crippen LogP contribution is -2.27. The molecule has 0 saturated carbocycles. The molecule has 0 radical (unpaired) electrons. The molecule has 0 aliphatic heterocycles. The average molecular weight is 356 g/mol. The lowest BCUT2D eigenvalue weighted by molar-refractivity contribution is 0.458. The zero-order valence-electron chi connectivity index (χ0n) is 13.8. The minimum Gasteiger partial charge on any atom is -0.271 e. The third-order valence-electron chi connectivity index (χ3n) is 3.74. The Labute approximate surface area is 142 Å². The molecule has 0 atom stereocenters. The number of aryl methyl sites for hydroxylation is 1. The maximum absolute atomic E-state index is 12.7. The van der Waals surface area contributed by atoms with E-state index in [4.69, 9.17) is 11.6 Å². The molecule has 0 aliphatic rings. The highest BCUT2D eigenvalue weighted by molar-refractivity contribution is 7.89. The van der Waals surface area contributed by atoms with Crippen LogP contribution in [-0.4, -0.2) is 29.6 Å². The Morgan fingerprint density at radius 2 is 1.87 bits per heavy atom. The molecular formula is C16H22ClN3O2S. The zero-order chi connectivity index (χ0) is 17.2. The van der Waals surface area contributed by atoms with Gasteiger partial charge in [-0.3, -0.25) is 4.68 Å². The first-order valence-electron chi connectivity index (χ1n) is 7.53. The number of nitrogens with zero attached hydrogens (tertiary/aromatic N) is 3. The predicted octanol–water partition coefficient (Wildman–Crippen LogP) is 3.50. The first-order chi connectivity index (χ1) is 10.8. The minimum atomic E-state index is -3.57. The first kappa shape index (κ1) is 18.0. The minimum absolute atomic E-state index is 0.139. The highest BCUT2D eigenvalue weighted by Crippen LogP contribution is 2.22. The summed E-state index contributed by atoms with van der Waals surface area (Å²) in [4.78, 5) is 0.274. The van der Waals surface area contributed by atoms with Gasteiger partial charge < -0.3 is 0 Å². The van der Waals surface area contributed by atoms with E-state index in [1.54, 1.807) is 23.0 Å². The Balaban J connectivity index is 2.22. The number of benzene rings is 1. The molecule has 126 valence electrons. The standard InChI is InChI=1S/C16H22ClN3O2S/c1-5-20-10-15(17)16(18-20)11-19(4)23(21,22)14-8-6-13(7-9-14)12(2)3/h6-10,12H,5,11H2,1-4H3. The lowest BCUT2D eigenvalue weighted by atomic mass is 10.0. The van der Waals surface area contributed by atoms with Crippen LogP contribution in [-0.2, 0) is 23.1 Å². The summed E-state index contributed by atoms with van der Waals surface area (Å²) in [7, 11) is -2.03. The molecule has 0 N–H and O–H groups in total. The largest absolute Gasteiger partial charge is 0.271 e. The molecule has 0 amide bonds. The molecule has 0 fully saturated rings. The van der Waals surface area contributed by atoms with Gasteiger partial charge in [-0.15, -0.1) is 0 Å². The summed E-state index contributed by atoms with van der Waals surface area (Å²) in [5, 5.41) is 4.77. The van der Waals surface area contributed by atoms with Crippen molar-refractivity contribution in [3.05, 3.63) is 46.7 Å². The first-order valence-corrected chi connectivity index (χ1v) is 9.35. The molecule has 0 bridgehead atoms. The molecule has 1 aromatic carbocycles. The van der Waals surface area contributed by atoms with Gasteiger partial charge in [0, 0.05) is 19.8 Å². The van der Waals surface area contributed by atoms with E-state index >= 15 is 0 Å². The molecule has 2 rings (SSSR count). The van der Waals surface area contributed by atoms with Gasteiger partial charge in [-0.05, 0) is 30.5 Å². The van der Waals surface area contributed by atoms with Crippen LogP contribution in [0.1, 0.15) is 37.9 Å². The SMILES string of the molecule is CCn1cc(Cl)c(CN(C)S(=O)(=O)c2ccc(C(C)C)cc2)n1. The van der Waals surface area contributed by atoms with Crippen LogP contribution in [0.25, 0.3) is 0 Å². The highest BCUT2D eigenvalue weighted by atomic mass is 35.5. The molecule has 1 aromatic heterocycles. The molecule has 0 unspecified atom stereocenters. The van der Waals surface area contributed by atoms with E-state index in [2.05, 4.69) is 18.9 Å². The Hall–Kier alpha value is -1.37. The van der Waals surface area contributed by atoms with Crippen molar-refractivity contribution in [2.75, 3.05) is 7.05 Å². The second-order valence-corrected chi connectivity index (χ2v) is 8.22. The number of hydrogen-bond donors (Lipinski definition) is 0. The van der Waals surface area contributed by atoms with Crippen molar-refractivity contribution in [2.45, 2.75) is 44.7 Å². The third kappa shape index (κ3) is 3.94. The second-order valence-electron chi connectivity index (χ2n) is 5.76. The maximum Gasteiger partial charge on any atom is 0.243 e.